The number of nitrogens with one attached hydrogen (secondary N) is 1. The number of amides is 2. The number of fused-ring (bicyclic) bond motifs is 1. The third-order valence-electron chi connectivity index (χ3n) is 5.52. The van der Waals surface area contributed by atoms with Gasteiger partial charge in [0.15, 0.2) is 0 Å². The maximum Gasteiger partial charge on any atom is 0.258 e. The quantitative estimate of drug-likeness (QED) is 0.384. The molecule has 1 fully saturated rings. The molecular weight excluding hydrogens is 550 g/mol. The molecule has 0 radical (unpaired) electrons. The number of benzene rings is 2. The number of carbonyl (C=O) groups excluding carboxylic acids is 2. The van der Waals surface area contributed by atoms with Crippen LogP contribution in [-0.2, 0) is 4.74 Å². The van der Waals surface area contributed by atoms with Gasteiger partial charge in [-0.15, -0.1) is 0 Å². The van der Waals surface area contributed by atoms with Crippen LogP contribution < -0.4 is 20.5 Å². The van der Waals surface area contributed by atoms with E-state index in [1.807, 2.05) is 0 Å². The number of halogens is 3. The molecule has 0 saturated carbocycles. The van der Waals surface area contributed by atoms with E-state index in [2.05, 4.69) is 15.3 Å². The minimum absolute atomic E-state index is 0.0311. The Balaban J connectivity index is 0.000000201. The van der Waals surface area contributed by atoms with Crippen molar-refractivity contribution in [1.29, 1.82) is 0 Å². The van der Waals surface area contributed by atoms with Gasteiger partial charge in [0.05, 0.1) is 41.0 Å². The van der Waals surface area contributed by atoms with E-state index in [0.29, 0.717) is 16.7 Å². The van der Waals surface area contributed by atoms with Crippen LogP contribution >= 0.6 is 23.2 Å². The third kappa shape index (κ3) is 7.89. The summed E-state index contributed by atoms with van der Waals surface area (Å²) < 4.78 is 29.8. The summed E-state index contributed by atoms with van der Waals surface area (Å²) in [6.45, 7) is 2.00. The van der Waals surface area contributed by atoms with Crippen LogP contribution in [0.4, 0.5) is 10.3 Å². The van der Waals surface area contributed by atoms with Crippen molar-refractivity contribution in [2.24, 2.45) is 0 Å². The molecule has 3 aromatic rings. The lowest BCUT2D eigenvalue weighted by molar-refractivity contribution is 0.0879. The van der Waals surface area contributed by atoms with Gasteiger partial charge in [0.25, 0.3) is 11.8 Å². The number of ether oxygens (including phenoxy) is 3. The van der Waals surface area contributed by atoms with Crippen LogP contribution in [0.25, 0.3) is 11.9 Å². The van der Waals surface area contributed by atoms with Crippen molar-refractivity contribution in [1.82, 2.24) is 15.3 Å². The molecule has 12 heteroatoms. The monoisotopic (exact) mass is 576 g/mol. The van der Waals surface area contributed by atoms with E-state index in [1.165, 1.54) is 58.0 Å². The fraction of sp³-hybridized carbons (Fsp3) is 0.259. The van der Waals surface area contributed by atoms with E-state index in [0.717, 1.165) is 13.2 Å². The fourth-order valence-electron chi connectivity index (χ4n) is 3.54. The molecule has 1 saturated heterocycles. The summed E-state index contributed by atoms with van der Waals surface area (Å²) in [4.78, 5) is 29.4. The number of nitrogens with two attached hydrogens (primary N) is 1. The second kappa shape index (κ2) is 14.4. The predicted molar refractivity (Wildman–Crippen MR) is 148 cm³/mol. The number of anilines is 1. The highest BCUT2D eigenvalue weighted by atomic mass is 35.5. The van der Waals surface area contributed by atoms with Crippen LogP contribution in [-0.4, -0.2) is 49.2 Å². The lowest BCUT2D eigenvalue weighted by atomic mass is 10.1. The average molecular weight is 577 g/mol. The molecule has 2 aromatic carbocycles. The van der Waals surface area contributed by atoms with Crippen molar-refractivity contribution >= 4 is 52.9 Å². The van der Waals surface area contributed by atoms with Gasteiger partial charge < -0.3 is 19.9 Å². The first kappa shape index (κ1) is 29.8. The molecule has 1 aromatic heterocycles. The lowest BCUT2D eigenvalue weighted by Crippen LogP contribution is -2.19. The summed E-state index contributed by atoms with van der Waals surface area (Å²) in [7, 11) is 2.82. The van der Waals surface area contributed by atoms with Crippen LogP contribution in [0, 0.1) is 0 Å². The average Bonchev–Trinajstić information content (AvgIpc) is 3.25. The summed E-state index contributed by atoms with van der Waals surface area (Å²) in [6.07, 6.45) is 7.87. The fourth-order valence-corrected chi connectivity index (χ4v) is 4.22. The Hall–Kier alpha value is -3.73. The normalized spacial score (nSPS) is 14.2. The Bertz CT molecular complexity index is 1280. The van der Waals surface area contributed by atoms with E-state index in [-0.39, 0.29) is 44.9 Å². The molecule has 3 heterocycles. The Labute approximate surface area is 235 Å². The third-order valence-corrected chi connectivity index (χ3v) is 6.27. The van der Waals surface area contributed by atoms with Gasteiger partial charge >= 0.3 is 0 Å². The SMILES string of the molecule is C1CCOCC1.COc1cc(OC)c(Cl)c(/C(F)=C/c2cnc(N)nc2)c1Cl.O=C1NC(=O)c2ccccc21. The smallest absolute Gasteiger partial charge is 0.258 e. The van der Waals surface area contributed by atoms with Crippen molar-refractivity contribution in [2.45, 2.75) is 19.3 Å². The number of carbonyl (C=O) groups is 2. The Morgan fingerprint density at radius 1 is 0.974 bits per heavy atom. The molecule has 0 bridgehead atoms. The van der Waals surface area contributed by atoms with Gasteiger partial charge in [-0.1, -0.05) is 35.3 Å². The van der Waals surface area contributed by atoms with E-state index in [9.17, 15) is 14.0 Å². The second-order valence-corrected chi connectivity index (χ2v) is 8.91. The topological polar surface area (TPSA) is 126 Å². The number of hydrogen-bond donors (Lipinski definition) is 2. The van der Waals surface area contributed by atoms with Crippen LogP contribution in [0.15, 0.2) is 42.7 Å². The van der Waals surface area contributed by atoms with Crippen LogP contribution in [0.2, 0.25) is 10.0 Å². The Morgan fingerprint density at radius 2 is 1.49 bits per heavy atom. The molecule has 2 amide bonds. The molecule has 0 aliphatic carbocycles. The van der Waals surface area contributed by atoms with E-state index in [1.54, 1.807) is 24.3 Å². The predicted octanol–water partition coefficient (Wildman–Crippen LogP) is 5.61. The molecule has 9 nitrogen and oxygen atoms in total. The number of hydrogen-bond acceptors (Lipinski definition) is 8. The molecule has 0 atom stereocenters. The number of nitrogen functional groups attached to an aromatic ring is 1. The maximum atomic E-state index is 14.6. The summed E-state index contributed by atoms with van der Waals surface area (Å²) >= 11 is 12.3. The first-order valence-corrected chi connectivity index (χ1v) is 12.6. The van der Waals surface area contributed by atoms with Crippen molar-refractivity contribution in [3.05, 3.63) is 75.0 Å². The molecule has 0 spiro atoms. The van der Waals surface area contributed by atoms with Crippen molar-refractivity contribution in [2.75, 3.05) is 33.2 Å². The summed E-state index contributed by atoms with van der Waals surface area (Å²) in [5.41, 5.74) is 6.69. The summed E-state index contributed by atoms with van der Waals surface area (Å²) in [5, 5.41) is 2.28. The number of nitrogens with zero attached hydrogens (tertiary/aromatic N) is 2. The van der Waals surface area contributed by atoms with Crippen molar-refractivity contribution in [3.63, 3.8) is 0 Å². The van der Waals surface area contributed by atoms with E-state index in [4.69, 9.17) is 43.1 Å². The minimum atomic E-state index is -0.680. The highest BCUT2D eigenvalue weighted by Crippen LogP contribution is 2.44. The zero-order valence-electron chi connectivity index (χ0n) is 21.3. The first-order chi connectivity index (χ1) is 18.8. The molecule has 0 unspecified atom stereocenters. The maximum absolute atomic E-state index is 14.6. The zero-order valence-corrected chi connectivity index (χ0v) is 22.8. The Kier molecular flexibility index (Phi) is 11.0. The van der Waals surface area contributed by atoms with Crippen molar-refractivity contribution < 1.29 is 28.2 Å². The molecule has 3 N–H and O–H groups in total. The Morgan fingerprint density at radius 3 is 1.90 bits per heavy atom. The van der Waals surface area contributed by atoms with Gasteiger partial charge in [0.2, 0.25) is 5.95 Å². The summed E-state index contributed by atoms with van der Waals surface area (Å²) in [6, 6.07) is 8.22. The van der Waals surface area contributed by atoms with Gasteiger partial charge in [-0.25, -0.2) is 14.4 Å². The highest BCUT2D eigenvalue weighted by Gasteiger charge is 2.25. The highest BCUT2D eigenvalue weighted by molar-refractivity contribution is 6.39. The van der Waals surface area contributed by atoms with Gasteiger partial charge in [0.1, 0.15) is 17.3 Å². The summed E-state index contributed by atoms with van der Waals surface area (Å²) in [5.74, 6) is -0.696. The first-order valence-electron chi connectivity index (χ1n) is 11.8. The largest absolute Gasteiger partial charge is 0.495 e. The lowest BCUT2D eigenvalue weighted by Gasteiger charge is -2.13. The molecule has 5 rings (SSSR count). The van der Waals surface area contributed by atoms with Gasteiger partial charge in [-0.3, -0.25) is 14.9 Å². The van der Waals surface area contributed by atoms with Crippen LogP contribution in [0.1, 0.15) is 51.1 Å². The number of methoxy groups -OCH3 is 2. The van der Waals surface area contributed by atoms with Crippen molar-refractivity contribution in [3.8, 4) is 11.5 Å². The second-order valence-electron chi connectivity index (χ2n) is 8.15. The molecule has 206 valence electrons. The molecular formula is C27H27Cl2FN4O5. The molecule has 39 heavy (non-hydrogen) atoms. The van der Waals surface area contributed by atoms with Gasteiger partial charge in [0, 0.05) is 37.2 Å². The molecule has 2 aliphatic heterocycles. The standard InChI is InChI=1S/C14H12Cl2FN3O2.C8H5NO2.C5H10O/c1-21-9-4-10(22-2)13(16)11(12(9)15)8(17)3-7-5-19-14(18)20-6-7;10-7-5-3-1-2-4-6(5)8(11)9-7;1-2-4-6-5-3-1/h3-6H,1-2H3,(H2,18,19,20);1-4H,(H,9,10,11);1-5H2/b8-3-;;. The zero-order chi connectivity index (χ0) is 28.4. The van der Waals surface area contributed by atoms with Crippen LogP contribution in [0.5, 0.6) is 11.5 Å². The number of aromatic nitrogens is 2. The minimum Gasteiger partial charge on any atom is -0.495 e. The van der Waals surface area contributed by atoms with E-state index < -0.39 is 5.83 Å². The number of rotatable bonds is 4. The van der Waals surface area contributed by atoms with Gasteiger partial charge in [-0.2, -0.15) is 0 Å². The van der Waals surface area contributed by atoms with Crippen LogP contribution in [0.3, 0.4) is 0 Å². The number of imide groups is 1. The van der Waals surface area contributed by atoms with E-state index >= 15 is 0 Å². The van der Waals surface area contributed by atoms with Gasteiger partial charge in [-0.05, 0) is 37.5 Å². The molecule has 2 aliphatic rings.